The summed E-state index contributed by atoms with van der Waals surface area (Å²) >= 11 is 0. The first kappa shape index (κ1) is 20.7. The van der Waals surface area contributed by atoms with Crippen LogP contribution >= 0.6 is 0 Å². The molecule has 0 saturated carbocycles. The fourth-order valence-electron chi connectivity index (χ4n) is 4.38. The van der Waals surface area contributed by atoms with Gasteiger partial charge in [-0.05, 0) is 49.6 Å². The van der Waals surface area contributed by atoms with Crippen LogP contribution in [0, 0.1) is 0 Å². The number of ketones is 1. The zero-order valence-electron chi connectivity index (χ0n) is 18.0. The Morgan fingerprint density at radius 3 is 2.65 bits per heavy atom. The molecular weight excluding hydrogens is 392 g/mol. The molecule has 1 atom stereocenters. The van der Waals surface area contributed by atoms with Gasteiger partial charge in [0.1, 0.15) is 11.5 Å². The first-order valence-electron chi connectivity index (χ1n) is 10.4. The number of nitrogens with one attached hydrogen (secondary N) is 2. The van der Waals surface area contributed by atoms with Crippen molar-refractivity contribution in [3.05, 3.63) is 76.6 Å². The molecule has 1 aliphatic heterocycles. The molecule has 0 bridgehead atoms. The van der Waals surface area contributed by atoms with Gasteiger partial charge in [-0.25, -0.2) is 0 Å². The summed E-state index contributed by atoms with van der Waals surface area (Å²) in [4.78, 5) is 26.5. The number of carbonyl (C=O) groups excluding carboxylic acids is 2. The maximum atomic E-state index is 13.5. The van der Waals surface area contributed by atoms with Gasteiger partial charge < -0.3 is 20.1 Å². The molecule has 0 spiro atoms. The highest BCUT2D eigenvalue weighted by atomic mass is 16.5. The number of anilines is 1. The Balaban J connectivity index is 1.80. The Morgan fingerprint density at radius 1 is 1.06 bits per heavy atom. The van der Waals surface area contributed by atoms with E-state index < -0.39 is 5.92 Å². The van der Waals surface area contributed by atoms with E-state index in [0.717, 1.165) is 29.8 Å². The van der Waals surface area contributed by atoms with E-state index in [2.05, 4.69) is 10.6 Å². The normalized spacial score (nSPS) is 18.3. The molecule has 1 amide bonds. The number of methoxy groups -OCH3 is 2. The summed E-state index contributed by atoms with van der Waals surface area (Å²) in [6.45, 7) is 1.88. The number of amides is 1. The van der Waals surface area contributed by atoms with Gasteiger partial charge in [0.15, 0.2) is 5.78 Å². The van der Waals surface area contributed by atoms with Gasteiger partial charge >= 0.3 is 0 Å². The average molecular weight is 418 g/mol. The number of dihydropyridines is 1. The van der Waals surface area contributed by atoms with Gasteiger partial charge in [-0.2, -0.15) is 0 Å². The van der Waals surface area contributed by atoms with Crippen molar-refractivity contribution >= 4 is 17.4 Å². The van der Waals surface area contributed by atoms with Gasteiger partial charge in [0, 0.05) is 34.9 Å². The Hall–Kier alpha value is -3.54. The zero-order valence-corrected chi connectivity index (χ0v) is 18.0. The molecule has 160 valence electrons. The molecule has 1 unspecified atom stereocenters. The molecule has 1 heterocycles. The van der Waals surface area contributed by atoms with E-state index in [1.807, 2.05) is 43.3 Å². The van der Waals surface area contributed by atoms with E-state index in [-0.39, 0.29) is 11.7 Å². The minimum Gasteiger partial charge on any atom is -0.497 e. The van der Waals surface area contributed by atoms with E-state index in [1.54, 1.807) is 26.4 Å². The van der Waals surface area contributed by atoms with E-state index in [0.29, 0.717) is 34.8 Å². The summed E-state index contributed by atoms with van der Waals surface area (Å²) in [5, 5.41) is 6.31. The summed E-state index contributed by atoms with van der Waals surface area (Å²) in [6.07, 6.45) is 2.09. The number of carbonyl (C=O) groups is 2. The molecule has 4 rings (SSSR count). The quantitative estimate of drug-likeness (QED) is 0.757. The summed E-state index contributed by atoms with van der Waals surface area (Å²) in [5.74, 6) is 0.603. The molecule has 31 heavy (non-hydrogen) atoms. The zero-order chi connectivity index (χ0) is 22.0. The summed E-state index contributed by atoms with van der Waals surface area (Å²) in [6, 6.07) is 14.8. The van der Waals surface area contributed by atoms with E-state index >= 15 is 0 Å². The van der Waals surface area contributed by atoms with Crippen molar-refractivity contribution in [2.45, 2.75) is 32.1 Å². The SMILES string of the molecule is COc1cccc(C2C(C(=O)Nc3ccccc3OC)=C(C)NC3=C2C(=O)CCC3)c1. The molecule has 0 aromatic heterocycles. The van der Waals surface area contributed by atoms with Crippen LogP contribution in [0.25, 0.3) is 0 Å². The van der Waals surface area contributed by atoms with Crippen LogP contribution in [-0.2, 0) is 9.59 Å². The van der Waals surface area contributed by atoms with Crippen molar-refractivity contribution in [3.63, 3.8) is 0 Å². The van der Waals surface area contributed by atoms with Crippen LogP contribution in [0.2, 0.25) is 0 Å². The van der Waals surface area contributed by atoms with Crippen molar-refractivity contribution in [3.8, 4) is 11.5 Å². The number of allylic oxidation sites excluding steroid dienone is 3. The predicted molar refractivity (Wildman–Crippen MR) is 119 cm³/mol. The molecule has 2 N–H and O–H groups in total. The number of para-hydroxylation sites is 2. The van der Waals surface area contributed by atoms with Crippen LogP contribution < -0.4 is 20.1 Å². The van der Waals surface area contributed by atoms with E-state index in [1.165, 1.54) is 0 Å². The van der Waals surface area contributed by atoms with Crippen LogP contribution in [0.1, 0.15) is 37.7 Å². The Bertz CT molecular complexity index is 1100. The van der Waals surface area contributed by atoms with Crippen LogP contribution in [0.4, 0.5) is 5.69 Å². The number of ether oxygens (including phenoxy) is 2. The molecule has 0 fully saturated rings. The van der Waals surface area contributed by atoms with Gasteiger partial charge in [0.2, 0.25) is 0 Å². The predicted octanol–water partition coefficient (Wildman–Crippen LogP) is 4.31. The largest absolute Gasteiger partial charge is 0.497 e. The van der Waals surface area contributed by atoms with Crippen LogP contribution in [0.15, 0.2) is 71.1 Å². The topological polar surface area (TPSA) is 76.7 Å². The van der Waals surface area contributed by atoms with Crippen LogP contribution in [0.3, 0.4) is 0 Å². The summed E-state index contributed by atoms with van der Waals surface area (Å²) in [5.41, 5.74) is 4.29. The highest BCUT2D eigenvalue weighted by molar-refractivity contribution is 6.10. The standard InChI is InChI=1S/C25H26N2O4/c1-15-22(25(29)27-18-10-4-5-13-21(18)31-3)23(16-8-6-9-17(14-16)30-2)24-19(26-15)11-7-12-20(24)28/h4-6,8-10,13-14,23,26H,7,11-12H2,1-3H3,(H,27,29). The van der Waals surface area contributed by atoms with Gasteiger partial charge in [-0.3, -0.25) is 9.59 Å². The molecule has 2 aromatic carbocycles. The number of hydrogen-bond donors (Lipinski definition) is 2. The minimum atomic E-state index is -0.464. The highest BCUT2D eigenvalue weighted by Crippen LogP contribution is 2.43. The van der Waals surface area contributed by atoms with Crippen molar-refractivity contribution < 1.29 is 19.1 Å². The van der Waals surface area contributed by atoms with Gasteiger partial charge in [0.05, 0.1) is 19.9 Å². The maximum Gasteiger partial charge on any atom is 0.254 e. The first-order valence-corrected chi connectivity index (χ1v) is 10.4. The summed E-state index contributed by atoms with van der Waals surface area (Å²) < 4.78 is 10.8. The highest BCUT2D eigenvalue weighted by Gasteiger charge is 2.38. The second-order valence-corrected chi connectivity index (χ2v) is 7.70. The second kappa shape index (κ2) is 8.68. The smallest absolute Gasteiger partial charge is 0.254 e. The lowest BCUT2D eigenvalue weighted by molar-refractivity contribution is -0.116. The number of hydrogen-bond acceptors (Lipinski definition) is 5. The molecule has 2 aliphatic rings. The lowest BCUT2D eigenvalue weighted by Crippen LogP contribution is -2.35. The monoisotopic (exact) mass is 418 g/mol. The molecule has 0 saturated heterocycles. The average Bonchev–Trinajstić information content (AvgIpc) is 2.78. The Morgan fingerprint density at radius 2 is 1.87 bits per heavy atom. The molecule has 0 radical (unpaired) electrons. The van der Waals surface area contributed by atoms with Gasteiger partial charge in [-0.1, -0.05) is 24.3 Å². The van der Waals surface area contributed by atoms with E-state index in [9.17, 15) is 9.59 Å². The number of rotatable bonds is 5. The third-order valence-electron chi connectivity index (χ3n) is 5.80. The fourth-order valence-corrected chi connectivity index (χ4v) is 4.38. The first-order chi connectivity index (χ1) is 15.0. The molecular formula is C25H26N2O4. The Kier molecular flexibility index (Phi) is 5.80. The van der Waals surface area contributed by atoms with Crippen molar-refractivity contribution in [1.82, 2.24) is 5.32 Å². The maximum absolute atomic E-state index is 13.5. The van der Waals surface area contributed by atoms with E-state index in [4.69, 9.17) is 9.47 Å². The van der Waals surface area contributed by atoms with Crippen LogP contribution in [-0.4, -0.2) is 25.9 Å². The second-order valence-electron chi connectivity index (χ2n) is 7.70. The van der Waals surface area contributed by atoms with Gasteiger partial charge in [0.25, 0.3) is 5.91 Å². The summed E-state index contributed by atoms with van der Waals surface area (Å²) in [7, 11) is 3.17. The van der Waals surface area contributed by atoms with Crippen molar-refractivity contribution in [2.75, 3.05) is 19.5 Å². The van der Waals surface area contributed by atoms with Crippen molar-refractivity contribution in [2.24, 2.45) is 0 Å². The van der Waals surface area contributed by atoms with Gasteiger partial charge in [-0.15, -0.1) is 0 Å². The lowest BCUT2D eigenvalue weighted by Gasteiger charge is -2.34. The fraction of sp³-hybridized carbons (Fsp3) is 0.280. The third kappa shape index (κ3) is 3.93. The van der Waals surface area contributed by atoms with Crippen LogP contribution in [0.5, 0.6) is 11.5 Å². The molecule has 1 aliphatic carbocycles. The number of Topliss-reactive ketones (excluding diaryl/α,β-unsaturated/α-hetero) is 1. The minimum absolute atomic E-state index is 0.0802. The Labute approximate surface area is 181 Å². The third-order valence-corrected chi connectivity index (χ3v) is 5.80. The number of benzene rings is 2. The lowest BCUT2D eigenvalue weighted by atomic mass is 9.75. The van der Waals surface area contributed by atoms with Crippen molar-refractivity contribution in [1.29, 1.82) is 0 Å². The molecule has 6 heteroatoms. The molecule has 2 aromatic rings. The molecule has 6 nitrogen and oxygen atoms in total.